The van der Waals surface area contributed by atoms with Gasteiger partial charge in [-0.3, -0.25) is 10.1 Å². The minimum absolute atomic E-state index is 0.211. The number of hydrogen-bond acceptors (Lipinski definition) is 6. The normalized spacial score (nSPS) is 12.0. The topological polar surface area (TPSA) is 79.4 Å². The summed E-state index contributed by atoms with van der Waals surface area (Å²) >= 11 is 2.64. The fourth-order valence-corrected chi connectivity index (χ4v) is 5.99. The van der Waals surface area contributed by atoms with Gasteiger partial charge < -0.3 is 0 Å². The summed E-state index contributed by atoms with van der Waals surface area (Å²) < 4.78 is 28.7. The highest BCUT2D eigenvalue weighted by atomic mass is 32.2. The highest BCUT2D eigenvalue weighted by Crippen LogP contribution is 2.30. The summed E-state index contributed by atoms with van der Waals surface area (Å²) in [7, 11) is -3.56. The van der Waals surface area contributed by atoms with Crippen molar-refractivity contribution in [2.75, 3.05) is 18.4 Å². The van der Waals surface area contributed by atoms with Crippen LogP contribution >= 0.6 is 22.7 Å². The number of fused-ring (bicyclic) bond motifs is 1. The third-order valence-electron chi connectivity index (χ3n) is 4.49. The summed E-state index contributed by atoms with van der Waals surface area (Å²) in [5, 5.41) is 5.09. The lowest BCUT2D eigenvalue weighted by Gasteiger charge is -2.21. The molecule has 1 amide bonds. The lowest BCUT2D eigenvalue weighted by Crippen LogP contribution is -2.33. The van der Waals surface area contributed by atoms with Gasteiger partial charge in [0.2, 0.25) is 10.0 Å². The average molecular weight is 452 g/mol. The van der Waals surface area contributed by atoms with E-state index in [1.54, 1.807) is 28.6 Å². The van der Waals surface area contributed by atoms with Crippen LogP contribution < -0.4 is 5.32 Å². The number of sulfonamides is 1. The van der Waals surface area contributed by atoms with Crippen LogP contribution in [0.3, 0.4) is 0 Å². The molecule has 0 aliphatic carbocycles. The first-order valence-corrected chi connectivity index (χ1v) is 12.8. The molecule has 156 valence electrons. The molecule has 2 heterocycles. The number of aromatic nitrogens is 1. The van der Waals surface area contributed by atoms with E-state index in [1.165, 1.54) is 22.7 Å². The van der Waals surface area contributed by atoms with Gasteiger partial charge in [-0.05, 0) is 42.5 Å². The van der Waals surface area contributed by atoms with Crippen molar-refractivity contribution in [3.05, 3.63) is 40.6 Å². The highest BCUT2D eigenvalue weighted by Gasteiger charge is 2.24. The summed E-state index contributed by atoms with van der Waals surface area (Å²) in [5.74, 6) is -0.211. The van der Waals surface area contributed by atoms with Crippen LogP contribution in [0.1, 0.15) is 49.2 Å². The second-order valence-corrected chi connectivity index (χ2v) is 10.6. The highest BCUT2D eigenvalue weighted by molar-refractivity contribution is 7.89. The van der Waals surface area contributed by atoms with Crippen molar-refractivity contribution in [2.45, 2.75) is 44.4 Å². The molecular weight excluding hydrogens is 426 g/mol. The summed E-state index contributed by atoms with van der Waals surface area (Å²) in [4.78, 5) is 17.5. The second-order valence-electron chi connectivity index (χ2n) is 6.69. The summed E-state index contributed by atoms with van der Waals surface area (Å²) in [5.41, 5.74) is 0.670. The largest absolute Gasteiger partial charge is 0.297 e. The van der Waals surface area contributed by atoms with Crippen LogP contribution in [-0.2, 0) is 10.0 Å². The molecule has 1 N–H and O–H groups in total. The van der Waals surface area contributed by atoms with Gasteiger partial charge in [0, 0.05) is 13.1 Å². The minimum atomic E-state index is -3.56. The number of rotatable bonds is 10. The Bertz CT molecular complexity index is 1050. The van der Waals surface area contributed by atoms with Gasteiger partial charge in [0.05, 0.1) is 20.0 Å². The first-order valence-electron chi connectivity index (χ1n) is 9.71. The monoisotopic (exact) mass is 451 g/mol. The summed E-state index contributed by atoms with van der Waals surface area (Å²) in [6.45, 7) is 5.17. The lowest BCUT2D eigenvalue weighted by molar-refractivity contribution is 0.103. The van der Waals surface area contributed by atoms with Crippen molar-refractivity contribution in [3.63, 3.8) is 0 Å². The van der Waals surface area contributed by atoms with Crippen molar-refractivity contribution in [2.24, 2.45) is 0 Å². The zero-order valence-electron chi connectivity index (χ0n) is 16.6. The number of carbonyl (C=O) groups is 1. The van der Waals surface area contributed by atoms with Crippen LogP contribution in [-0.4, -0.2) is 36.7 Å². The number of carbonyl (C=O) groups excluding carboxylic acids is 1. The Labute approximate surface area is 179 Å². The maximum Gasteiger partial charge on any atom is 0.267 e. The zero-order chi connectivity index (χ0) is 20.9. The molecule has 6 nitrogen and oxygen atoms in total. The van der Waals surface area contributed by atoms with Crippen LogP contribution in [0.5, 0.6) is 0 Å². The van der Waals surface area contributed by atoms with Gasteiger partial charge in [0.1, 0.15) is 0 Å². The van der Waals surface area contributed by atoms with Gasteiger partial charge in [-0.2, -0.15) is 4.31 Å². The summed E-state index contributed by atoms with van der Waals surface area (Å²) in [6.07, 6.45) is 3.56. The molecule has 0 atom stereocenters. The van der Waals surface area contributed by atoms with Gasteiger partial charge in [0.15, 0.2) is 5.13 Å². The minimum Gasteiger partial charge on any atom is -0.297 e. The predicted molar refractivity (Wildman–Crippen MR) is 120 cm³/mol. The molecule has 2 aromatic heterocycles. The van der Waals surface area contributed by atoms with Crippen LogP contribution in [0.4, 0.5) is 5.13 Å². The number of thiophene rings is 1. The van der Waals surface area contributed by atoms with Gasteiger partial charge in [0.25, 0.3) is 5.91 Å². The molecule has 1 aromatic carbocycles. The number of nitrogens with zero attached hydrogens (tertiary/aromatic N) is 2. The Balaban J connectivity index is 1.84. The van der Waals surface area contributed by atoms with Crippen molar-refractivity contribution >= 4 is 54.0 Å². The van der Waals surface area contributed by atoms with Gasteiger partial charge in [-0.1, -0.05) is 44.1 Å². The van der Waals surface area contributed by atoms with E-state index in [4.69, 9.17) is 0 Å². The summed E-state index contributed by atoms with van der Waals surface area (Å²) in [6, 6.07) is 8.54. The van der Waals surface area contributed by atoms with Gasteiger partial charge in [-0.15, -0.1) is 11.3 Å². The number of hydrogen-bond donors (Lipinski definition) is 1. The van der Waals surface area contributed by atoms with Crippen molar-refractivity contribution in [1.82, 2.24) is 9.29 Å². The smallest absolute Gasteiger partial charge is 0.267 e. The van der Waals surface area contributed by atoms with Crippen LogP contribution in [0.25, 0.3) is 10.2 Å². The molecule has 0 saturated carbocycles. The first kappa shape index (κ1) is 21.9. The van der Waals surface area contributed by atoms with E-state index in [9.17, 15) is 13.2 Å². The molecule has 0 aliphatic rings. The fourth-order valence-electron chi connectivity index (χ4n) is 2.86. The molecule has 3 aromatic rings. The average Bonchev–Trinajstić information content (AvgIpc) is 3.36. The van der Waals surface area contributed by atoms with Crippen molar-refractivity contribution in [3.8, 4) is 0 Å². The SMILES string of the molecule is CCCCN(CCCC)S(=O)(=O)c1ccc2nc(NC(=O)c3cccs3)sc2c1. The van der Waals surface area contributed by atoms with E-state index in [2.05, 4.69) is 24.1 Å². The fraction of sp³-hybridized carbons (Fsp3) is 0.400. The van der Waals surface area contributed by atoms with E-state index in [-0.39, 0.29) is 10.8 Å². The molecule has 0 saturated heterocycles. The molecule has 9 heteroatoms. The Morgan fingerprint density at radius 2 is 1.86 bits per heavy atom. The third-order valence-corrected chi connectivity index (χ3v) is 8.18. The number of thiazole rings is 1. The predicted octanol–water partition coefficient (Wildman–Crippen LogP) is 5.20. The molecular formula is C20H25N3O3S3. The quantitative estimate of drug-likeness (QED) is 0.459. The molecule has 0 fully saturated rings. The maximum absolute atomic E-state index is 13.2. The van der Waals surface area contributed by atoms with Gasteiger partial charge in [-0.25, -0.2) is 13.4 Å². The molecule has 3 rings (SSSR count). The van der Waals surface area contributed by atoms with E-state index in [0.717, 1.165) is 30.4 Å². The first-order chi connectivity index (χ1) is 14.0. The molecule has 0 radical (unpaired) electrons. The molecule has 29 heavy (non-hydrogen) atoms. The molecule has 0 spiro atoms. The van der Waals surface area contributed by atoms with Crippen LogP contribution in [0.2, 0.25) is 0 Å². The number of unbranched alkanes of at least 4 members (excludes halogenated alkanes) is 2. The van der Waals surface area contributed by atoms with Crippen LogP contribution in [0.15, 0.2) is 40.6 Å². The number of nitrogens with one attached hydrogen (secondary N) is 1. The Morgan fingerprint density at radius 3 is 2.48 bits per heavy atom. The number of anilines is 1. The maximum atomic E-state index is 13.2. The second kappa shape index (κ2) is 9.80. The van der Waals surface area contributed by atoms with E-state index < -0.39 is 10.0 Å². The van der Waals surface area contributed by atoms with E-state index in [0.29, 0.717) is 28.6 Å². The lowest BCUT2D eigenvalue weighted by atomic mass is 10.3. The zero-order valence-corrected chi connectivity index (χ0v) is 19.0. The Hall–Kier alpha value is -1.81. The van der Waals surface area contributed by atoms with Crippen molar-refractivity contribution in [1.29, 1.82) is 0 Å². The Kier molecular flexibility index (Phi) is 7.39. The number of amides is 1. The molecule has 0 unspecified atom stereocenters. The number of benzene rings is 1. The van der Waals surface area contributed by atoms with E-state index in [1.807, 2.05) is 11.4 Å². The van der Waals surface area contributed by atoms with Crippen molar-refractivity contribution < 1.29 is 13.2 Å². The third kappa shape index (κ3) is 5.22. The molecule has 0 aliphatic heterocycles. The van der Waals surface area contributed by atoms with Gasteiger partial charge >= 0.3 is 0 Å². The van der Waals surface area contributed by atoms with Crippen LogP contribution in [0, 0.1) is 0 Å². The Morgan fingerprint density at radius 1 is 1.14 bits per heavy atom. The standard InChI is InChI=1S/C20H25N3O3S3/c1-3-5-11-23(12-6-4-2)29(25,26)15-9-10-16-18(14-15)28-20(21-16)22-19(24)17-8-7-13-27-17/h7-10,13-14H,3-6,11-12H2,1-2H3,(H,21,22,24). The molecule has 0 bridgehead atoms. The van der Waals surface area contributed by atoms with E-state index >= 15 is 0 Å².